The second-order valence-corrected chi connectivity index (χ2v) is 8.09. The number of hydrogen-bond acceptors (Lipinski definition) is 3. The number of carbonyl (C=O) groups is 1. The van der Waals surface area contributed by atoms with Crippen molar-refractivity contribution in [1.29, 1.82) is 0 Å². The fourth-order valence-electron chi connectivity index (χ4n) is 3.32. The Bertz CT molecular complexity index is 1050. The first kappa shape index (κ1) is 17.8. The number of fused-ring (bicyclic) bond motifs is 1. The summed E-state index contributed by atoms with van der Waals surface area (Å²) in [7, 11) is -0.940. The number of nitrogens with two attached hydrogens (primary N) is 1. The van der Waals surface area contributed by atoms with E-state index in [2.05, 4.69) is 4.98 Å². The summed E-state index contributed by atoms with van der Waals surface area (Å²) in [4.78, 5) is 16.1. The fourth-order valence-corrected chi connectivity index (χ4v) is 4.58. The maximum absolute atomic E-state index is 13.3. The van der Waals surface area contributed by atoms with Gasteiger partial charge in [0.15, 0.2) is 0 Å². The third-order valence-electron chi connectivity index (χ3n) is 4.66. The minimum absolute atomic E-state index is 0.156. The second-order valence-electron chi connectivity index (χ2n) is 6.52. The molecule has 1 amide bonds. The Kier molecular flexibility index (Phi) is 4.72. The lowest BCUT2D eigenvalue weighted by Gasteiger charge is -2.15. The smallest absolute Gasteiger partial charge is 0.267 e. The van der Waals surface area contributed by atoms with E-state index in [0.29, 0.717) is 17.8 Å². The number of pyridine rings is 1. The van der Waals surface area contributed by atoms with E-state index in [4.69, 9.17) is 5.73 Å². The average molecular weight is 383 g/mol. The van der Waals surface area contributed by atoms with Crippen LogP contribution in [0.25, 0.3) is 22.0 Å². The molecule has 0 aliphatic carbocycles. The second kappa shape index (κ2) is 7.17. The van der Waals surface area contributed by atoms with Crippen LogP contribution in [0.15, 0.2) is 48.5 Å². The molecule has 1 saturated heterocycles. The normalized spacial score (nSPS) is 17.4. The average Bonchev–Trinajstić information content (AvgIpc) is 3.06. The number of rotatable bonds is 4. The van der Waals surface area contributed by atoms with E-state index in [-0.39, 0.29) is 11.5 Å². The van der Waals surface area contributed by atoms with Crippen LogP contribution in [0.5, 0.6) is 0 Å². The van der Waals surface area contributed by atoms with Crippen molar-refractivity contribution >= 4 is 27.8 Å². The summed E-state index contributed by atoms with van der Waals surface area (Å²) in [6, 6.07) is 13.5. The number of halogens is 1. The molecule has 2 aromatic carbocycles. The topological polar surface area (TPSA) is 76.3 Å². The lowest BCUT2D eigenvalue weighted by molar-refractivity contribution is 0.0996. The maximum Gasteiger partial charge on any atom is 0.267 e. The van der Waals surface area contributed by atoms with Gasteiger partial charge in [-0.2, -0.15) is 0 Å². The van der Waals surface area contributed by atoms with Gasteiger partial charge in [-0.25, -0.2) is 17.9 Å². The van der Waals surface area contributed by atoms with Crippen molar-refractivity contribution in [2.75, 3.05) is 12.3 Å². The van der Waals surface area contributed by atoms with Gasteiger partial charge in [0.2, 0.25) is 0 Å². The molecule has 2 heterocycles. The Labute approximate surface area is 158 Å². The van der Waals surface area contributed by atoms with Gasteiger partial charge in [-0.15, -0.1) is 0 Å². The number of nitrogens with zero attached hydrogens (tertiary/aromatic N) is 2. The molecule has 1 aliphatic heterocycles. The molecule has 0 radical (unpaired) electrons. The third kappa shape index (κ3) is 3.61. The van der Waals surface area contributed by atoms with Crippen LogP contribution in [0, 0.1) is 5.82 Å². The zero-order chi connectivity index (χ0) is 19.0. The highest BCUT2D eigenvalue weighted by Crippen LogP contribution is 2.30. The molecule has 1 aliphatic rings. The van der Waals surface area contributed by atoms with Gasteiger partial charge in [0.25, 0.3) is 5.91 Å². The Hall–Kier alpha value is -2.64. The van der Waals surface area contributed by atoms with Gasteiger partial charge in [-0.05, 0) is 47.4 Å². The Morgan fingerprint density at radius 3 is 2.63 bits per heavy atom. The lowest BCUT2D eigenvalue weighted by Crippen LogP contribution is -2.20. The first-order chi connectivity index (χ1) is 13.0. The number of carbonyl (C=O) groups excluding carboxylic acids is 1. The number of benzene rings is 2. The summed E-state index contributed by atoms with van der Waals surface area (Å²) < 4.78 is 27.2. The highest BCUT2D eigenvalue weighted by molar-refractivity contribution is 7.82. The Balaban J connectivity index is 1.81. The molecule has 1 unspecified atom stereocenters. The summed E-state index contributed by atoms with van der Waals surface area (Å²) in [6.07, 6.45) is 0.930. The molecule has 0 spiro atoms. The van der Waals surface area contributed by atoms with Crippen molar-refractivity contribution in [2.24, 2.45) is 5.73 Å². The quantitative estimate of drug-likeness (QED) is 0.752. The third-order valence-corrected chi connectivity index (χ3v) is 6.18. The van der Waals surface area contributed by atoms with Gasteiger partial charge in [-0.1, -0.05) is 24.3 Å². The van der Waals surface area contributed by atoms with Gasteiger partial charge in [0, 0.05) is 24.2 Å². The molecule has 1 fully saturated rings. The van der Waals surface area contributed by atoms with Crippen molar-refractivity contribution in [1.82, 2.24) is 9.29 Å². The lowest BCUT2D eigenvalue weighted by atomic mass is 9.98. The highest BCUT2D eigenvalue weighted by Gasteiger charge is 2.20. The van der Waals surface area contributed by atoms with E-state index in [1.54, 1.807) is 18.2 Å². The zero-order valence-corrected chi connectivity index (χ0v) is 15.3. The van der Waals surface area contributed by atoms with E-state index in [1.165, 1.54) is 12.1 Å². The van der Waals surface area contributed by atoms with Gasteiger partial charge >= 0.3 is 0 Å². The van der Waals surface area contributed by atoms with E-state index < -0.39 is 16.9 Å². The number of hydrogen-bond donors (Lipinski definition) is 1. The highest BCUT2D eigenvalue weighted by atomic mass is 32.2. The van der Waals surface area contributed by atoms with Crippen LogP contribution in [0.1, 0.15) is 22.5 Å². The summed E-state index contributed by atoms with van der Waals surface area (Å²) in [5.41, 5.74) is 8.76. The minimum atomic E-state index is -0.940. The SMILES string of the molecule is NC(=O)c1cc(-c2ccc(F)cc2)c2ccc(CN3CCCS3=O)cc2n1. The van der Waals surface area contributed by atoms with E-state index in [1.807, 2.05) is 22.5 Å². The van der Waals surface area contributed by atoms with Crippen LogP contribution in [0.2, 0.25) is 0 Å². The predicted octanol–water partition coefficient (Wildman–Crippen LogP) is 3.01. The van der Waals surface area contributed by atoms with Crippen LogP contribution >= 0.6 is 0 Å². The van der Waals surface area contributed by atoms with Gasteiger partial charge < -0.3 is 5.73 Å². The van der Waals surface area contributed by atoms with Crippen LogP contribution in [0.3, 0.4) is 0 Å². The number of primary amides is 1. The summed E-state index contributed by atoms with van der Waals surface area (Å²) >= 11 is 0. The number of amides is 1. The van der Waals surface area contributed by atoms with Gasteiger partial charge in [-0.3, -0.25) is 4.79 Å². The van der Waals surface area contributed by atoms with E-state index in [9.17, 15) is 13.4 Å². The molecule has 1 aromatic heterocycles. The molecule has 27 heavy (non-hydrogen) atoms. The monoisotopic (exact) mass is 383 g/mol. The van der Waals surface area contributed by atoms with Crippen molar-refractivity contribution < 1.29 is 13.4 Å². The van der Waals surface area contributed by atoms with E-state index >= 15 is 0 Å². The molecular formula is C20H18FN3O2S. The Morgan fingerprint density at radius 1 is 1.19 bits per heavy atom. The van der Waals surface area contributed by atoms with Gasteiger partial charge in [0.1, 0.15) is 11.5 Å². The molecule has 4 rings (SSSR count). The standard InChI is InChI=1S/C20H18FN3O2S/c21-15-5-3-14(4-6-15)17-11-19(20(22)25)23-18-10-13(2-7-16(17)18)12-24-8-1-9-27(24)26/h2-7,10-11H,1,8-9,12H2,(H2,22,25). The molecule has 3 aromatic rings. The van der Waals surface area contributed by atoms with Crippen LogP contribution < -0.4 is 5.73 Å². The van der Waals surface area contributed by atoms with Crippen LogP contribution in [0.4, 0.5) is 4.39 Å². The molecule has 5 nitrogen and oxygen atoms in total. The Morgan fingerprint density at radius 2 is 1.96 bits per heavy atom. The zero-order valence-electron chi connectivity index (χ0n) is 14.5. The summed E-state index contributed by atoms with van der Waals surface area (Å²) in [5, 5.41) is 0.845. The first-order valence-electron chi connectivity index (χ1n) is 8.64. The van der Waals surface area contributed by atoms with Crippen molar-refractivity contribution in [3.8, 4) is 11.1 Å². The first-order valence-corrected chi connectivity index (χ1v) is 9.92. The fraction of sp³-hybridized carbons (Fsp3) is 0.200. The maximum atomic E-state index is 13.3. The largest absolute Gasteiger partial charge is 0.364 e. The summed E-state index contributed by atoms with van der Waals surface area (Å²) in [6.45, 7) is 1.37. The molecule has 0 bridgehead atoms. The van der Waals surface area contributed by atoms with E-state index in [0.717, 1.165) is 35.0 Å². The number of aromatic nitrogens is 1. The van der Waals surface area contributed by atoms with Crippen LogP contribution in [-0.2, 0) is 17.5 Å². The molecular weight excluding hydrogens is 365 g/mol. The molecule has 0 saturated carbocycles. The molecule has 138 valence electrons. The molecule has 1 atom stereocenters. The van der Waals surface area contributed by atoms with Crippen molar-refractivity contribution in [3.63, 3.8) is 0 Å². The molecule has 7 heteroatoms. The molecule has 2 N–H and O–H groups in total. The van der Waals surface area contributed by atoms with Crippen LogP contribution in [-0.4, -0.2) is 31.7 Å². The predicted molar refractivity (Wildman–Crippen MR) is 104 cm³/mol. The minimum Gasteiger partial charge on any atom is -0.364 e. The summed E-state index contributed by atoms with van der Waals surface area (Å²) in [5.74, 6) is -0.244. The van der Waals surface area contributed by atoms with Crippen molar-refractivity contribution in [3.05, 3.63) is 65.6 Å². The van der Waals surface area contributed by atoms with Crippen molar-refractivity contribution in [2.45, 2.75) is 13.0 Å². The van der Waals surface area contributed by atoms with Gasteiger partial charge in [0.05, 0.1) is 16.5 Å².